The number of nitrogens with one attached hydrogen (secondary N) is 1. The van der Waals surface area contributed by atoms with E-state index in [1.807, 2.05) is 0 Å². The van der Waals surface area contributed by atoms with Gasteiger partial charge in [0.05, 0.1) is 10.6 Å². The number of carbonyl (C=O) groups excluding carboxylic acids is 1. The molecule has 3 heterocycles. The second kappa shape index (κ2) is 7.05. The van der Waals surface area contributed by atoms with Gasteiger partial charge in [-0.15, -0.1) is 11.3 Å². The van der Waals surface area contributed by atoms with E-state index >= 15 is 0 Å². The van der Waals surface area contributed by atoms with Crippen molar-refractivity contribution in [1.82, 2.24) is 14.6 Å². The van der Waals surface area contributed by atoms with Crippen molar-refractivity contribution in [2.45, 2.75) is 6.18 Å². The van der Waals surface area contributed by atoms with Crippen molar-refractivity contribution >= 4 is 40.2 Å². The minimum absolute atomic E-state index is 0.00566. The van der Waals surface area contributed by atoms with E-state index in [1.54, 1.807) is 17.5 Å². The van der Waals surface area contributed by atoms with Gasteiger partial charge in [0.2, 0.25) is 0 Å². The van der Waals surface area contributed by atoms with Crippen LogP contribution in [0.5, 0.6) is 5.75 Å². The van der Waals surface area contributed by atoms with Gasteiger partial charge in [0.15, 0.2) is 17.0 Å². The van der Waals surface area contributed by atoms with Crippen LogP contribution in [-0.4, -0.2) is 25.6 Å². The molecule has 3 aromatic heterocycles. The third-order valence-corrected chi connectivity index (χ3v) is 5.18. The molecule has 0 spiro atoms. The lowest BCUT2D eigenvalue weighted by atomic mass is 10.2. The monoisotopic (exact) mass is 438 g/mol. The van der Waals surface area contributed by atoms with Gasteiger partial charge in [0.1, 0.15) is 10.8 Å². The SMILES string of the molecule is O=C(Nc1ccc(O)cc1)c1nn2c(C(F)(F)F)cc(-c3cccs3)nc2c1Cl. The highest BCUT2D eigenvalue weighted by Crippen LogP contribution is 2.35. The summed E-state index contributed by atoms with van der Waals surface area (Å²) >= 11 is 7.41. The molecule has 0 fully saturated rings. The highest BCUT2D eigenvalue weighted by atomic mass is 35.5. The van der Waals surface area contributed by atoms with Gasteiger partial charge < -0.3 is 10.4 Å². The number of aromatic nitrogens is 3. The standard InChI is InChI=1S/C18H10ClF3N4O2S/c19-14-15(17(28)23-9-3-5-10(27)6-4-9)25-26-13(18(20,21)22)8-11(24-16(14)26)12-2-1-7-29-12/h1-8,27H,(H,23,28). The van der Waals surface area contributed by atoms with Crippen molar-refractivity contribution < 1.29 is 23.1 Å². The van der Waals surface area contributed by atoms with Gasteiger partial charge in [-0.2, -0.15) is 18.3 Å². The first-order valence-corrected chi connectivity index (χ1v) is 9.30. The van der Waals surface area contributed by atoms with Crippen LogP contribution in [0.1, 0.15) is 16.2 Å². The predicted octanol–water partition coefficient (Wildman–Crippen LogP) is 5.09. The summed E-state index contributed by atoms with van der Waals surface area (Å²) in [5.41, 5.74) is -1.39. The lowest BCUT2D eigenvalue weighted by Gasteiger charge is -2.10. The van der Waals surface area contributed by atoms with Crippen molar-refractivity contribution in [3.05, 3.63) is 64.3 Å². The Morgan fingerprint density at radius 1 is 1.21 bits per heavy atom. The van der Waals surface area contributed by atoms with E-state index < -0.39 is 23.5 Å². The predicted molar refractivity (Wildman–Crippen MR) is 102 cm³/mol. The summed E-state index contributed by atoms with van der Waals surface area (Å²) in [6.45, 7) is 0. The fraction of sp³-hybridized carbons (Fsp3) is 0.0556. The number of rotatable bonds is 3. The number of phenols is 1. The number of carbonyl (C=O) groups is 1. The van der Waals surface area contributed by atoms with Gasteiger partial charge in [-0.25, -0.2) is 9.50 Å². The Morgan fingerprint density at radius 2 is 1.93 bits per heavy atom. The number of fused-ring (bicyclic) bond motifs is 1. The van der Waals surface area contributed by atoms with Crippen molar-refractivity contribution in [3.63, 3.8) is 0 Å². The van der Waals surface area contributed by atoms with Crippen LogP contribution < -0.4 is 5.32 Å². The summed E-state index contributed by atoms with van der Waals surface area (Å²) in [5, 5.41) is 16.9. The number of alkyl halides is 3. The Bertz CT molecular complexity index is 1200. The molecule has 2 N–H and O–H groups in total. The van der Waals surface area contributed by atoms with Crippen molar-refractivity contribution in [1.29, 1.82) is 0 Å². The third kappa shape index (κ3) is 3.64. The topological polar surface area (TPSA) is 79.5 Å². The molecule has 11 heteroatoms. The second-order valence-electron chi connectivity index (χ2n) is 5.90. The van der Waals surface area contributed by atoms with Crippen LogP contribution in [0.3, 0.4) is 0 Å². The zero-order chi connectivity index (χ0) is 20.8. The van der Waals surface area contributed by atoms with Crippen LogP contribution in [0.15, 0.2) is 47.8 Å². The molecule has 1 aromatic carbocycles. The van der Waals surface area contributed by atoms with Gasteiger partial charge in [-0.05, 0) is 41.8 Å². The van der Waals surface area contributed by atoms with Crippen LogP contribution in [0.2, 0.25) is 5.02 Å². The lowest BCUT2D eigenvalue weighted by molar-refractivity contribution is -0.142. The minimum atomic E-state index is -4.74. The van der Waals surface area contributed by atoms with E-state index in [4.69, 9.17) is 11.6 Å². The summed E-state index contributed by atoms with van der Waals surface area (Å²) in [6.07, 6.45) is -4.74. The van der Waals surface area contributed by atoms with E-state index in [1.165, 1.54) is 35.6 Å². The maximum absolute atomic E-state index is 13.6. The molecule has 0 aliphatic rings. The molecular formula is C18H10ClF3N4O2S. The number of thiophene rings is 1. The molecule has 6 nitrogen and oxygen atoms in total. The summed E-state index contributed by atoms with van der Waals surface area (Å²) in [4.78, 5) is 17.2. The fourth-order valence-corrected chi connectivity index (χ4v) is 3.56. The smallest absolute Gasteiger partial charge is 0.433 e. The molecule has 148 valence electrons. The van der Waals surface area contributed by atoms with Crippen molar-refractivity contribution in [2.24, 2.45) is 0 Å². The number of halogens is 4. The molecule has 1 amide bonds. The normalized spacial score (nSPS) is 11.7. The first kappa shape index (κ1) is 19.2. The van der Waals surface area contributed by atoms with Crippen LogP contribution >= 0.6 is 22.9 Å². The van der Waals surface area contributed by atoms with E-state index in [0.29, 0.717) is 15.1 Å². The molecule has 0 atom stereocenters. The number of phenolic OH excluding ortho intramolecular Hbond substituents is 1. The Balaban J connectivity index is 1.83. The molecule has 0 bridgehead atoms. The van der Waals surface area contributed by atoms with Crippen LogP contribution in [0, 0.1) is 0 Å². The maximum Gasteiger partial charge on any atom is 0.433 e. The molecule has 0 radical (unpaired) electrons. The molecule has 29 heavy (non-hydrogen) atoms. The largest absolute Gasteiger partial charge is 0.508 e. The molecule has 0 unspecified atom stereocenters. The number of benzene rings is 1. The van der Waals surface area contributed by atoms with E-state index in [2.05, 4.69) is 15.4 Å². The quantitative estimate of drug-likeness (QED) is 0.437. The number of hydrogen-bond donors (Lipinski definition) is 2. The summed E-state index contributed by atoms with van der Waals surface area (Å²) in [5.74, 6) is -0.814. The third-order valence-electron chi connectivity index (χ3n) is 3.94. The van der Waals surface area contributed by atoms with Gasteiger partial charge >= 0.3 is 6.18 Å². The summed E-state index contributed by atoms with van der Waals surface area (Å²) in [6, 6.07) is 9.72. The first-order chi connectivity index (χ1) is 13.7. The van der Waals surface area contributed by atoms with Crippen molar-refractivity contribution in [3.8, 4) is 16.3 Å². The van der Waals surface area contributed by atoms with Crippen LogP contribution in [0.25, 0.3) is 16.2 Å². The number of anilines is 1. The van der Waals surface area contributed by atoms with Gasteiger partial charge in [0.25, 0.3) is 5.91 Å². The Kier molecular flexibility index (Phi) is 4.67. The molecule has 0 aliphatic carbocycles. The second-order valence-corrected chi connectivity index (χ2v) is 7.23. The Labute approximate surface area is 170 Å². The molecule has 4 aromatic rings. The van der Waals surface area contributed by atoms with Gasteiger partial charge in [-0.3, -0.25) is 4.79 Å². The highest BCUT2D eigenvalue weighted by molar-refractivity contribution is 7.13. The first-order valence-electron chi connectivity index (χ1n) is 8.05. The Morgan fingerprint density at radius 3 is 2.55 bits per heavy atom. The van der Waals surface area contributed by atoms with Gasteiger partial charge in [-0.1, -0.05) is 17.7 Å². The molecule has 4 rings (SSSR count). The number of aromatic hydroxyl groups is 1. The number of hydrogen-bond acceptors (Lipinski definition) is 5. The summed E-state index contributed by atoms with van der Waals surface area (Å²) in [7, 11) is 0. The Hall–Kier alpha value is -3.11. The lowest BCUT2D eigenvalue weighted by Crippen LogP contribution is -2.15. The molecule has 0 saturated carbocycles. The van der Waals surface area contributed by atoms with Gasteiger partial charge in [0, 0.05) is 5.69 Å². The average molecular weight is 439 g/mol. The van der Waals surface area contributed by atoms with Crippen LogP contribution in [-0.2, 0) is 6.18 Å². The van der Waals surface area contributed by atoms with Crippen molar-refractivity contribution in [2.75, 3.05) is 5.32 Å². The molecular weight excluding hydrogens is 429 g/mol. The van der Waals surface area contributed by atoms with E-state index in [0.717, 1.165) is 6.07 Å². The minimum Gasteiger partial charge on any atom is -0.508 e. The molecule has 0 aliphatic heterocycles. The molecule has 0 saturated heterocycles. The zero-order valence-electron chi connectivity index (χ0n) is 14.2. The fourth-order valence-electron chi connectivity index (χ4n) is 2.62. The van der Waals surface area contributed by atoms with Crippen LogP contribution in [0.4, 0.5) is 18.9 Å². The average Bonchev–Trinajstić information content (AvgIpc) is 3.31. The van der Waals surface area contributed by atoms with E-state index in [-0.39, 0.29) is 22.1 Å². The summed E-state index contributed by atoms with van der Waals surface area (Å²) < 4.78 is 41.4. The van der Waals surface area contributed by atoms with E-state index in [9.17, 15) is 23.1 Å². The number of nitrogens with zero attached hydrogens (tertiary/aromatic N) is 3. The maximum atomic E-state index is 13.6. The highest BCUT2D eigenvalue weighted by Gasteiger charge is 2.36. The number of amides is 1. The zero-order valence-corrected chi connectivity index (χ0v) is 15.8.